The minimum absolute atomic E-state index is 0.0685. The van der Waals surface area contributed by atoms with Crippen LogP contribution in [0.5, 0.6) is 5.88 Å². The number of fused-ring (bicyclic) bond motifs is 1. The lowest BCUT2D eigenvalue weighted by Crippen LogP contribution is -2.41. The molecule has 2 atom stereocenters. The lowest BCUT2D eigenvalue weighted by molar-refractivity contribution is -0.198. The van der Waals surface area contributed by atoms with Crippen LogP contribution in [0, 0.1) is 5.41 Å². The Morgan fingerprint density at radius 2 is 1.84 bits per heavy atom. The lowest BCUT2D eigenvalue weighted by atomic mass is 9.76. The van der Waals surface area contributed by atoms with Gasteiger partial charge in [0.25, 0.3) is 0 Å². The summed E-state index contributed by atoms with van der Waals surface area (Å²) in [4.78, 5) is 22.5. The molecule has 0 amide bonds. The molecule has 3 N–H and O–H groups in total. The zero-order valence-electron chi connectivity index (χ0n) is 24.6. The average Bonchev–Trinajstić information content (AvgIpc) is 3.43. The van der Waals surface area contributed by atoms with Crippen LogP contribution in [0.25, 0.3) is 21.9 Å². The molecule has 2 aliphatic heterocycles. The van der Waals surface area contributed by atoms with E-state index in [4.69, 9.17) is 26.8 Å². The summed E-state index contributed by atoms with van der Waals surface area (Å²) in [5.41, 5.74) is 6.68. The van der Waals surface area contributed by atoms with Crippen molar-refractivity contribution in [1.82, 2.24) is 15.3 Å². The summed E-state index contributed by atoms with van der Waals surface area (Å²) in [6.45, 7) is 3.97. The largest absolute Gasteiger partial charge is 0.465 e. The third-order valence-electron chi connectivity index (χ3n) is 8.68. The number of piperidine rings is 1. The molecule has 2 fully saturated rings. The van der Waals surface area contributed by atoms with Crippen molar-refractivity contribution in [3.63, 3.8) is 0 Å². The monoisotopic (exact) mass is 639 g/mol. The second-order valence-corrected chi connectivity index (χ2v) is 12.1. The summed E-state index contributed by atoms with van der Waals surface area (Å²) in [5, 5.41) is 5.42. The highest BCUT2D eigenvalue weighted by atomic mass is 35.5. The topological polar surface area (TPSA) is 103 Å². The predicted octanol–water partition coefficient (Wildman–Crippen LogP) is 6.73. The first kappa shape index (κ1) is 30.9. The fourth-order valence-corrected chi connectivity index (χ4v) is 6.53. The molecular formula is C33H33ClF3N5O3. The van der Waals surface area contributed by atoms with Crippen LogP contribution in [0.15, 0.2) is 66.7 Å². The molecule has 1 aromatic heterocycles. The molecule has 2 aliphatic rings. The molecule has 45 heavy (non-hydrogen) atoms. The normalized spacial score (nSPS) is 18.7. The first-order chi connectivity index (χ1) is 21.5. The van der Waals surface area contributed by atoms with Crippen LogP contribution in [-0.2, 0) is 9.53 Å². The fourth-order valence-electron chi connectivity index (χ4n) is 6.36. The third kappa shape index (κ3) is 6.64. The highest BCUT2D eigenvalue weighted by molar-refractivity contribution is 6.30. The van der Waals surface area contributed by atoms with Crippen LogP contribution in [0.3, 0.4) is 0 Å². The number of alkyl halides is 3. The number of aromatic nitrogens is 2. The van der Waals surface area contributed by atoms with Crippen LogP contribution in [0.1, 0.15) is 37.9 Å². The molecule has 0 bridgehead atoms. The van der Waals surface area contributed by atoms with Gasteiger partial charge in [-0.15, -0.1) is 0 Å². The van der Waals surface area contributed by atoms with Crippen LogP contribution in [0.2, 0.25) is 5.02 Å². The molecule has 0 radical (unpaired) electrons. The van der Waals surface area contributed by atoms with E-state index in [2.05, 4.69) is 15.3 Å². The van der Waals surface area contributed by atoms with Gasteiger partial charge in [-0.25, -0.2) is 0 Å². The predicted molar refractivity (Wildman–Crippen MR) is 167 cm³/mol. The van der Waals surface area contributed by atoms with Gasteiger partial charge in [-0.1, -0.05) is 54.1 Å². The lowest BCUT2D eigenvalue weighted by Gasteiger charge is -2.39. The number of esters is 1. The van der Waals surface area contributed by atoms with Gasteiger partial charge in [0.05, 0.1) is 6.61 Å². The number of carbonyl (C=O) groups excluding carboxylic acids is 1. The van der Waals surface area contributed by atoms with Crippen LogP contribution in [0.4, 0.5) is 24.9 Å². The van der Waals surface area contributed by atoms with E-state index in [0.29, 0.717) is 54.6 Å². The van der Waals surface area contributed by atoms with Gasteiger partial charge in [0.15, 0.2) is 0 Å². The zero-order chi connectivity index (χ0) is 31.8. The van der Waals surface area contributed by atoms with Gasteiger partial charge in [0.1, 0.15) is 11.9 Å². The first-order valence-corrected chi connectivity index (χ1v) is 15.2. The molecule has 1 unspecified atom stereocenters. The molecule has 236 valence electrons. The number of nitrogen functional groups attached to an aromatic ring is 1. The highest BCUT2D eigenvalue weighted by Crippen LogP contribution is 2.44. The molecule has 0 saturated carbocycles. The summed E-state index contributed by atoms with van der Waals surface area (Å²) in [6.07, 6.45) is -4.94. The van der Waals surface area contributed by atoms with Crippen molar-refractivity contribution in [3.05, 3.63) is 77.3 Å². The second-order valence-electron chi connectivity index (χ2n) is 11.6. The van der Waals surface area contributed by atoms with E-state index >= 15 is 0 Å². The summed E-state index contributed by atoms with van der Waals surface area (Å²) >= 11 is 6.28. The number of anilines is 2. The van der Waals surface area contributed by atoms with Gasteiger partial charge < -0.3 is 25.4 Å². The second kappa shape index (κ2) is 12.4. The molecule has 12 heteroatoms. The molecule has 6 rings (SSSR count). The van der Waals surface area contributed by atoms with Crippen LogP contribution >= 0.6 is 11.6 Å². The van der Waals surface area contributed by atoms with Gasteiger partial charge >= 0.3 is 12.1 Å². The molecule has 8 nitrogen and oxygen atoms in total. The molecular weight excluding hydrogens is 607 g/mol. The van der Waals surface area contributed by atoms with Gasteiger partial charge in [-0.3, -0.25) is 4.79 Å². The van der Waals surface area contributed by atoms with E-state index in [0.717, 1.165) is 23.6 Å². The van der Waals surface area contributed by atoms with E-state index < -0.39 is 12.3 Å². The quantitative estimate of drug-likeness (QED) is 0.215. The van der Waals surface area contributed by atoms with Crippen molar-refractivity contribution in [3.8, 4) is 17.0 Å². The van der Waals surface area contributed by atoms with Gasteiger partial charge in [-0.05, 0) is 71.7 Å². The fraction of sp³-hybridized carbons (Fsp3) is 0.364. The van der Waals surface area contributed by atoms with E-state index in [1.165, 1.54) is 24.3 Å². The molecule has 2 saturated heterocycles. The number of rotatable bonds is 7. The average molecular weight is 640 g/mol. The van der Waals surface area contributed by atoms with Gasteiger partial charge in [0, 0.05) is 36.3 Å². The van der Waals surface area contributed by atoms with Crippen molar-refractivity contribution in [2.75, 3.05) is 36.9 Å². The van der Waals surface area contributed by atoms with Crippen molar-refractivity contribution in [1.29, 1.82) is 0 Å². The van der Waals surface area contributed by atoms with Gasteiger partial charge in [-0.2, -0.15) is 23.1 Å². The summed E-state index contributed by atoms with van der Waals surface area (Å²) in [7, 11) is 0. The molecule has 3 aromatic carbocycles. The van der Waals surface area contributed by atoms with Crippen molar-refractivity contribution < 1.29 is 27.4 Å². The first-order valence-electron chi connectivity index (χ1n) is 14.9. The number of hydrogen-bond acceptors (Lipinski definition) is 8. The number of benzene rings is 3. The summed E-state index contributed by atoms with van der Waals surface area (Å²) in [6, 6.07) is 18.4. The third-order valence-corrected chi connectivity index (χ3v) is 8.92. The molecule has 4 aromatic rings. The summed E-state index contributed by atoms with van der Waals surface area (Å²) in [5.74, 6) is -0.346. The minimum Gasteiger partial charge on any atom is -0.465 e. The van der Waals surface area contributed by atoms with Crippen LogP contribution in [-0.4, -0.2) is 54.4 Å². The van der Waals surface area contributed by atoms with Gasteiger partial charge in [0.2, 0.25) is 17.9 Å². The standard InChI is InChI=1S/C33H33ClF3N5O3/c1-2-44-30(43)26-18-32(19-39-26)11-13-42(14-12-32)27-17-28(41-31(38)40-27)45-29(33(35,36)37)24-10-9-23(34)16-25(24)22-8-7-20-5-3-4-6-21(20)15-22/h3-10,15-17,26,29,39H,2,11-14,18-19H2,1H3,(H2,38,40,41)/t26?,29-/m1/s1. The van der Waals surface area contributed by atoms with E-state index in [1.807, 2.05) is 41.3 Å². The van der Waals surface area contributed by atoms with Crippen LogP contribution < -0.4 is 20.7 Å². The maximum Gasteiger partial charge on any atom is 0.429 e. The Labute approximate surface area is 263 Å². The molecule has 0 aliphatic carbocycles. The smallest absolute Gasteiger partial charge is 0.429 e. The summed E-state index contributed by atoms with van der Waals surface area (Å²) < 4.78 is 55.0. The van der Waals surface area contributed by atoms with Crippen molar-refractivity contribution in [2.24, 2.45) is 5.41 Å². The van der Waals surface area contributed by atoms with E-state index in [-0.39, 0.29) is 34.8 Å². The van der Waals surface area contributed by atoms with Crippen molar-refractivity contribution in [2.45, 2.75) is 44.5 Å². The Balaban J connectivity index is 1.25. The number of ether oxygens (including phenoxy) is 2. The molecule has 1 spiro atoms. The Kier molecular flexibility index (Phi) is 8.49. The Morgan fingerprint density at radius 1 is 1.09 bits per heavy atom. The SMILES string of the molecule is CCOC(=O)C1CC2(CCN(c3cc(O[C@H](c4ccc(Cl)cc4-c4ccc5ccccc5c4)C(F)(F)F)nc(N)n3)CC2)CN1. The minimum atomic E-state index is -4.79. The number of carbonyl (C=O) groups is 1. The van der Waals surface area contributed by atoms with E-state index in [9.17, 15) is 18.0 Å². The Morgan fingerprint density at radius 3 is 2.58 bits per heavy atom. The Hall–Kier alpha value is -4.09. The maximum atomic E-state index is 14.7. The number of nitrogens with zero attached hydrogens (tertiary/aromatic N) is 3. The Bertz CT molecular complexity index is 1710. The number of nitrogens with one attached hydrogen (secondary N) is 1. The maximum absolute atomic E-state index is 14.7. The highest BCUT2D eigenvalue weighted by Gasteiger charge is 2.46. The number of halogens is 4. The number of hydrogen-bond donors (Lipinski definition) is 2. The van der Waals surface area contributed by atoms with Crippen molar-refractivity contribution >= 4 is 40.1 Å². The number of nitrogens with two attached hydrogens (primary N) is 1. The van der Waals surface area contributed by atoms with E-state index in [1.54, 1.807) is 13.0 Å². The molecule has 3 heterocycles. The zero-order valence-corrected chi connectivity index (χ0v) is 25.4.